The van der Waals surface area contributed by atoms with Crippen LogP contribution in [0.4, 0.5) is 0 Å². The van der Waals surface area contributed by atoms with E-state index in [-0.39, 0.29) is 97.5 Å². The average molecular weight is 519 g/mol. The Hall–Kier alpha value is -2.53. The number of carbonyl (C=O) groups is 5. The van der Waals surface area contributed by atoms with Crippen molar-refractivity contribution in [3.05, 3.63) is 0 Å². The maximum Gasteiger partial charge on any atom is 0.243 e. The second-order valence-electron chi connectivity index (χ2n) is 10.1. The molecule has 3 N–H and O–H groups in total. The van der Waals surface area contributed by atoms with Gasteiger partial charge in [0.15, 0.2) is 0 Å². The Bertz CT molecular complexity index is 785. The second-order valence-corrected chi connectivity index (χ2v) is 10.1. The lowest BCUT2D eigenvalue weighted by Crippen LogP contribution is -2.55. The number of hydrogen-bond acceptors (Lipinski definition) is 7. The van der Waals surface area contributed by atoms with Crippen LogP contribution in [0.5, 0.6) is 0 Å². The van der Waals surface area contributed by atoms with E-state index in [0.29, 0.717) is 0 Å². The van der Waals surface area contributed by atoms with Gasteiger partial charge in [-0.1, -0.05) is 27.7 Å². The molecule has 0 aromatic rings. The molecule has 1 aliphatic heterocycles. The molecule has 0 bridgehead atoms. The van der Waals surface area contributed by atoms with Gasteiger partial charge in [0.2, 0.25) is 29.5 Å². The molecule has 0 aromatic carbocycles. The molecule has 11 nitrogen and oxygen atoms in total. The monoisotopic (exact) mass is 518 g/mol. The number of likely N-dealkylation sites (tertiary alicyclic amines) is 1. The summed E-state index contributed by atoms with van der Waals surface area (Å²) < 4.78 is 10.9. The molecule has 1 aliphatic rings. The summed E-state index contributed by atoms with van der Waals surface area (Å²) in [5.74, 6) is -1.64. The standard InChI is InChI=1S/C25H44N4O7.3H2/c1-15(2)19-14-21(31)29(25(19)34)9-11-36-13-12-35-10-8-20(30)28-22(16(3)4)24(33)27-18(7)23(32)26-17(5)6;;;/h15-19,22H,8-14H2,1-7H3,(H,26,32)(H,27,33)(H,28,30);3*1H/t18-,19?,22?;;;/m0.../s1. The first-order valence-corrected chi connectivity index (χ1v) is 12.7. The predicted octanol–water partition coefficient (Wildman–Crippen LogP) is 1.35. The molecule has 1 fully saturated rings. The lowest BCUT2D eigenvalue weighted by atomic mass is 9.94. The molecule has 1 heterocycles. The third-order valence-electron chi connectivity index (χ3n) is 5.84. The zero-order valence-electron chi connectivity index (χ0n) is 22.7. The summed E-state index contributed by atoms with van der Waals surface area (Å²) >= 11 is 0. The fourth-order valence-electron chi connectivity index (χ4n) is 3.67. The molecular weight excluding hydrogens is 468 g/mol. The smallest absolute Gasteiger partial charge is 0.243 e. The quantitative estimate of drug-likeness (QED) is 0.207. The van der Waals surface area contributed by atoms with Crippen molar-refractivity contribution in [2.75, 3.05) is 33.0 Å². The Kier molecular flexibility index (Phi) is 13.6. The van der Waals surface area contributed by atoms with E-state index in [1.165, 1.54) is 4.90 Å². The lowest BCUT2D eigenvalue weighted by molar-refractivity contribution is -0.140. The van der Waals surface area contributed by atoms with Crippen molar-refractivity contribution in [1.29, 1.82) is 0 Å². The van der Waals surface area contributed by atoms with Crippen LogP contribution in [0.25, 0.3) is 0 Å². The van der Waals surface area contributed by atoms with Crippen molar-refractivity contribution in [2.45, 2.75) is 79.4 Å². The van der Waals surface area contributed by atoms with Gasteiger partial charge < -0.3 is 25.4 Å². The molecule has 1 rings (SSSR count). The normalized spacial score (nSPS) is 17.6. The van der Waals surface area contributed by atoms with Gasteiger partial charge in [-0.15, -0.1) is 0 Å². The minimum absolute atomic E-state index is 0. The SMILES string of the molecule is CC(C)NC(=O)[C@H](C)NC(=O)C(NC(=O)CCOCCOCCN1C(=O)CC(C(C)C)C1=O)C(C)C.[HH].[HH].[HH]. The molecule has 36 heavy (non-hydrogen) atoms. The van der Waals surface area contributed by atoms with Crippen LogP contribution in [0.3, 0.4) is 0 Å². The minimum Gasteiger partial charge on any atom is -0.379 e. The van der Waals surface area contributed by atoms with Crippen molar-refractivity contribution >= 4 is 29.5 Å². The molecule has 0 aliphatic carbocycles. The Morgan fingerprint density at radius 1 is 0.889 bits per heavy atom. The lowest BCUT2D eigenvalue weighted by Gasteiger charge is -2.24. The van der Waals surface area contributed by atoms with Crippen LogP contribution in [-0.2, 0) is 33.4 Å². The Labute approximate surface area is 218 Å². The van der Waals surface area contributed by atoms with Gasteiger partial charge in [0, 0.05) is 29.1 Å². The number of amides is 5. The van der Waals surface area contributed by atoms with Gasteiger partial charge in [0.1, 0.15) is 12.1 Å². The first-order valence-electron chi connectivity index (χ1n) is 12.7. The zero-order chi connectivity index (χ0) is 27.4. The van der Waals surface area contributed by atoms with Gasteiger partial charge in [0.05, 0.1) is 33.0 Å². The number of hydrogen-bond donors (Lipinski definition) is 3. The molecule has 11 heteroatoms. The minimum atomic E-state index is -0.776. The topological polar surface area (TPSA) is 143 Å². The molecule has 3 atom stereocenters. The highest BCUT2D eigenvalue weighted by Gasteiger charge is 2.39. The Morgan fingerprint density at radius 3 is 2.03 bits per heavy atom. The molecule has 2 unspecified atom stereocenters. The van der Waals surface area contributed by atoms with E-state index >= 15 is 0 Å². The summed E-state index contributed by atoms with van der Waals surface area (Å²) in [6.45, 7) is 13.8. The van der Waals surface area contributed by atoms with Crippen LogP contribution in [0.2, 0.25) is 0 Å². The van der Waals surface area contributed by atoms with Crippen LogP contribution < -0.4 is 16.0 Å². The zero-order valence-corrected chi connectivity index (χ0v) is 22.7. The second kappa shape index (κ2) is 15.6. The number of carbonyl (C=O) groups excluding carboxylic acids is 5. The fraction of sp³-hybridized carbons (Fsp3) is 0.800. The maximum absolute atomic E-state index is 12.6. The van der Waals surface area contributed by atoms with Crippen molar-refractivity contribution < 1.29 is 37.7 Å². The van der Waals surface area contributed by atoms with Crippen LogP contribution in [0, 0.1) is 17.8 Å². The molecule has 0 aromatic heterocycles. The number of ether oxygens (including phenoxy) is 2. The van der Waals surface area contributed by atoms with E-state index in [1.807, 2.05) is 41.5 Å². The van der Waals surface area contributed by atoms with Gasteiger partial charge in [-0.05, 0) is 32.6 Å². The van der Waals surface area contributed by atoms with Crippen LogP contribution in [-0.4, -0.2) is 85.5 Å². The molecular formula is C25H50N4O7. The number of imide groups is 1. The van der Waals surface area contributed by atoms with Crippen molar-refractivity contribution in [1.82, 2.24) is 20.9 Å². The molecule has 5 amide bonds. The summed E-state index contributed by atoms with van der Waals surface area (Å²) in [6, 6.07) is -1.54. The van der Waals surface area contributed by atoms with E-state index in [9.17, 15) is 24.0 Å². The van der Waals surface area contributed by atoms with Gasteiger partial charge in [0.25, 0.3) is 0 Å². The highest BCUT2D eigenvalue weighted by molar-refractivity contribution is 6.03. The Balaban J connectivity index is -0.00000432. The first kappa shape index (κ1) is 31.5. The van der Waals surface area contributed by atoms with Crippen molar-refractivity contribution in [3.63, 3.8) is 0 Å². The molecule has 0 saturated carbocycles. The van der Waals surface area contributed by atoms with Gasteiger partial charge >= 0.3 is 0 Å². The molecule has 212 valence electrons. The fourth-order valence-corrected chi connectivity index (χ4v) is 3.67. The van der Waals surface area contributed by atoms with Crippen LogP contribution in [0.1, 0.15) is 65.6 Å². The molecule has 1 saturated heterocycles. The maximum atomic E-state index is 12.6. The molecule has 0 radical (unpaired) electrons. The van der Waals surface area contributed by atoms with Gasteiger partial charge in [-0.3, -0.25) is 28.9 Å². The van der Waals surface area contributed by atoms with E-state index < -0.39 is 18.0 Å². The van der Waals surface area contributed by atoms with Gasteiger partial charge in [-0.2, -0.15) is 0 Å². The summed E-state index contributed by atoms with van der Waals surface area (Å²) in [5.41, 5.74) is 0. The van der Waals surface area contributed by atoms with E-state index in [2.05, 4.69) is 16.0 Å². The van der Waals surface area contributed by atoms with Crippen LogP contribution >= 0.6 is 0 Å². The third kappa shape index (κ3) is 10.6. The average Bonchev–Trinajstić information content (AvgIpc) is 3.06. The van der Waals surface area contributed by atoms with Crippen LogP contribution in [0.15, 0.2) is 0 Å². The highest BCUT2D eigenvalue weighted by Crippen LogP contribution is 2.25. The number of rotatable bonds is 16. The van der Waals surface area contributed by atoms with E-state index in [1.54, 1.807) is 6.92 Å². The number of nitrogens with zero attached hydrogens (tertiary/aromatic N) is 1. The molecule has 0 spiro atoms. The summed E-state index contributed by atoms with van der Waals surface area (Å²) in [4.78, 5) is 62.4. The number of nitrogens with one attached hydrogen (secondary N) is 3. The predicted molar refractivity (Wildman–Crippen MR) is 140 cm³/mol. The third-order valence-corrected chi connectivity index (χ3v) is 5.84. The first-order chi connectivity index (χ1) is 16.8. The Morgan fingerprint density at radius 2 is 1.50 bits per heavy atom. The van der Waals surface area contributed by atoms with E-state index in [0.717, 1.165) is 0 Å². The van der Waals surface area contributed by atoms with Crippen molar-refractivity contribution in [3.8, 4) is 0 Å². The van der Waals surface area contributed by atoms with E-state index in [4.69, 9.17) is 9.47 Å². The van der Waals surface area contributed by atoms with Crippen molar-refractivity contribution in [2.24, 2.45) is 17.8 Å². The summed E-state index contributed by atoms with van der Waals surface area (Å²) in [5, 5.41) is 8.08. The van der Waals surface area contributed by atoms with Gasteiger partial charge in [-0.25, -0.2) is 0 Å². The highest BCUT2D eigenvalue weighted by atomic mass is 16.5. The largest absolute Gasteiger partial charge is 0.379 e. The summed E-state index contributed by atoms with van der Waals surface area (Å²) in [7, 11) is 0. The summed E-state index contributed by atoms with van der Waals surface area (Å²) in [6.07, 6.45) is 0.320.